The summed E-state index contributed by atoms with van der Waals surface area (Å²) in [6, 6.07) is 1.67. The fourth-order valence-electron chi connectivity index (χ4n) is 1.92. The van der Waals surface area contributed by atoms with Crippen LogP contribution < -0.4 is 10.5 Å². The monoisotopic (exact) mass is 286 g/mol. The largest absolute Gasteiger partial charge is 0.478 e. The minimum absolute atomic E-state index is 0.287. The van der Waals surface area contributed by atoms with Gasteiger partial charge < -0.3 is 20.1 Å². The number of nitrogens with two attached hydrogens (primary N) is 1. The average molecular weight is 286 g/mol. The van der Waals surface area contributed by atoms with Crippen molar-refractivity contribution in [3.63, 3.8) is 0 Å². The Morgan fingerprint density at radius 3 is 2.65 bits per heavy atom. The molecule has 5 nitrogen and oxygen atoms in total. The van der Waals surface area contributed by atoms with E-state index in [0.717, 1.165) is 12.1 Å². The van der Waals surface area contributed by atoms with Gasteiger partial charge in [0.05, 0.1) is 18.9 Å². The summed E-state index contributed by atoms with van der Waals surface area (Å²) in [4.78, 5) is 13.6. The molecule has 1 unspecified atom stereocenters. The predicted molar refractivity (Wildman–Crippen MR) is 68.3 cm³/mol. The lowest BCUT2D eigenvalue weighted by Crippen LogP contribution is -2.46. The molecular formula is C13H16F2N2O3. The standard InChI is InChI=1S/C13H16F2N2O3/c1-8(13(18)17-2-4-19-5-3-17)20-12-7-9(14)11(16)6-10(12)15/h6-8H,2-5,16H2,1H3. The van der Waals surface area contributed by atoms with Crippen molar-refractivity contribution in [2.75, 3.05) is 32.0 Å². The van der Waals surface area contributed by atoms with Crippen molar-refractivity contribution < 1.29 is 23.0 Å². The molecule has 1 fully saturated rings. The van der Waals surface area contributed by atoms with Gasteiger partial charge in [0, 0.05) is 25.2 Å². The van der Waals surface area contributed by atoms with E-state index in [1.807, 2.05) is 0 Å². The fraction of sp³-hybridized carbons (Fsp3) is 0.462. The zero-order valence-corrected chi connectivity index (χ0v) is 11.1. The van der Waals surface area contributed by atoms with E-state index in [1.54, 1.807) is 4.90 Å². The molecule has 1 aliphatic rings. The Kier molecular flexibility index (Phi) is 4.39. The predicted octanol–water partition coefficient (Wildman–Crippen LogP) is 1.17. The smallest absolute Gasteiger partial charge is 0.263 e. The van der Waals surface area contributed by atoms with E-state index in [0.29, 0.717) is 26.3 Å². The van der Waals surface area contributed by atoms with Crippen LogP contribution >= 0.6 is 0 Å². The van der Waals surface area contributed by atoms with Crippen LogP contribution in [0, 0.1) is 11.6 Å². The maximum Gasteiger partial charge on any atom is 0.263 e. The maximum absolute atomic E-state index is 13.6. The van der Waals surface area contributed by atoms with Gasteiger partial charge in [0.2, 0.25) is 0 Å². The van der Waals surface area contributed by atoms with Crippen LogP contribution in [0.15, 0.2) is 12.1 Å². The molecule has 110 valence electrons. The van der Waals surface area contributed by atoms with Crippen molar-refractivity contribution in [1.82, 2.24) is 4.90 Å². The molecule has 1 aliphatic heterocycles. The molecule has 1 aromatic rings. The Labute approximate surface area is 115 Å². The molecule has 7 heteroatoms. The number of benzene rings is 1. The quantitative estimate of drug-likeness (QED) is 0.847. The number of nitrogens with zero attached hydrogens (tertiary/aromatic N) is 1. The molecule has 20 heavy (non-hydrogen) atoms. The Morgan fingerprint density at radius 1 is 1.35 bits per heavy atom. The minimum Gasteiger partial charge on any atom is -0.478 e. The van der Waals surface area contributed by atoms with Gasteiger partial charge in [0.1, 0.15) is 5.82 Å². The van der Waals surface area contributed by atoms with E-state index in [2.05, 4.69) is 0 Å². The van der Waals surface area contributed by atoms with Gasteiger partial charge in [-0.05, 0) is 6.92 Å². The number of amides is 1. The Hall–Kier alpha value is -1.89. The van der Waals surface area contributed by atoms with Crippen molar-refractivity contribution in [1.29, 1.82) is 0 Å². The van der Waals surface area contributed by atoms with E-state index < -0.39 is 17.7 Å². The molecule has 0 spiro atoms. The molecule has 2 rings (SSSR count). The molecule has 0 radical (unpaired) electrons. The molecule has 0 aliphatic carbocycles. The van der Waals surface area contributed by atoms with Crippen LogP contribution in [0.4, 0.5) is 14.5 Å². The third-order valence-corrected chi connectivity index (χ3v) is 3.03. The normalized spacial score (nSPS) is 16.9. The molecule has 0 bridgehead atoms. The molecule has 1 heterocycles. The number of rotatable bonds is 3. The first kappa shape index (κ1) is 14.5. The molecule has 0 aromatic heterocycles. The van der Waals surface area contributed by atoms with Gasteiger partial charge in [-0.15, -0.1) is 0 Å². The highest BCUT2D eigenvalue weighted by molar-refractivity contribution is 5.81. The van der Waals surface area contributed by atoms with Crippen molar-refractivity contribution in [3.8, 4) is 5.75 Å². The number of ether oxygens (including phenoxy) is 2. The van der Waals surface area contributed by atoms with Crippen LogP contribution in [0.25, 0.3) is 0 Å². The van der Waals surface area contributed by atoms with E-state index in [1.165, 1.54) is 6.92 Å². The second-order valence-corrected chi connectivity index (χ2v) is 4.50. The third kappa shape index (κ3) is 3.16. The van der Waals surface area contributed by atoms with Crippen LogP contribution in [0.1, 0.15) is 6.92 Å². The van der Waals surface area contributed by atoms with Gasteiger partial charge >= 0.3 is 0 Å². The number of halogens is 2. The summed E-state index contributed by atoms with van der Waals surface area (Å²) in [6.45, 7) is 3.34. The number of carbonyl (C=O) groups is 1. The second-order valence-electron chi connectivity index (χ2n) is 4.50. The molecule has 1 saturated heterocycles. The highest BCUT2D eigenvalue weighted by Gasteiger charge is 2.24. The Balaban J connectivity index is 2.05. The van der Waals surface area contributed by atoms with Crippen LogP contribution in [-0.2, 0) is 9.53 Å². The van der Waals surface area contributed by atoms with Gasteiger partial charge in [0.15, 0.2) is 17.7 Å². The zero-order valence-electron chi connectivity index (χ0n) is 11.1. The van der Waals surface area contributed by atoms with E-state index in [9.17, 15) is 13.6 Å². The van der Waals surface area contributed by atoms with E-state index >= 15 is 0 Å². The average Bonchev–Trinajstić information content (AvgIpc) is 2.44. The number of nitrogen functional groups attached to an aromatic ring is 1. The number of anilines is 1. The maximum atomic E-state index is 13.6. The Bertz CT molecular complexity index is 505. The lowest BCUT2D eigenvalue weighted by Gasteiger charge is -2.29. The van der Waals surface area contributed by atoms with Crippen LogP contribution in [0.2, 0.25) is 0 Å². The number of hydrogen-bond acceptors (Lipinski definition) is 4. The van der Waals surface area contributed by atoms with Crippen molar-refractivity contribution in [2.45, 2.75) is 13.0 Å². The number of morpholine rings is 1. The first-order valence-electron chi connectivity index (χ1n) is 6.26. The SMILES string of the molecule is CC(Oc1cc(F)c(N)cc1F)C(=O)N1CCOCC1. The Morgan fingerprint density at radius 2 is 2.00 bits per heavy atom. The van der Waals surface area contributed by atoms with Gasteiger partial charge in [-0.1, -0.05) is 0 Å². The van der Waals surface area contributed by atoms with E-state index in [4.69, 9.17) is 15.2 Å². The molecule has 1 aromatic carbocycles. The highest BCUT2D eigenvalue weighted by atomic mass is 19.1. The summed E-state index contributed by atoms with van der Waals surface area (Å²) in [6.07, 6.45) is -0.911. The summed E-state index contributed by atoms with van der Waals surface area (Å²) >= 11 is 0. The van der Waals surface area contributed by atoms with E-state index in [-0.39, 0.29) is 17.3 Å². The van der Waals surface area contributed by atoms with Crippen molar-refractivity contribution in [3.05, 3.63) is 23.8 Å². The van der Waals surface area contributed by atoms with Gasteiger partial charge in [0.25, 0.3) is 5.91 Å². The zero-order chi connectivity index (χ0) is 14.7. The summed E-state index contributed by atoms with van der Waals surface area (Å²) < 4.78 is 37.2. The first-order valence-corrected chi connectivity index (χ1v) is 6.26. The van der Waals surface area contributed by atoms with Gasteiger partial charge in [-0.25, -0.2) is 8.78 Å². The minimum atomic E-state index is -0.911. The number of hydrogen-bond donors (Lipinski definition) is 1. The fourth-order valence-corrected chi connectivity index (χ4v) is 1.92. The molecule has 1 atom stereocenters. The van der Waals surface area contributed by atoms with Gasteiger partial charge in [-0.2, -0.15) is 0 Å². The van der Waals surface area contributed by atoms with Crippen molar-refractivity contribution >= 4 is 11.6 Å². The summed E-state index contributed by atoms with van der Waals surface area (Å²) in [5.41, 5.74) is 4.93. The topological polar surface area (TPSA) is 64.8 Å². The lowest BCUT2D eigenvalue weighted by atomic mass is 10.2. The first-order chi connectivity index (χ1) is 9.49. The van der Waals surface area contributed by atoms with Crippen LogP contribution in [-0.4, -0.2) is 43.2 Å². The summed E-state index contributed by atoms with van der Waals surface area (Å²) in [7, 11) is 0. The third-order valence-electron chi connectivity index (χ3n) is 3.03. The molecule has 2 N–H and O–H groups in total. The van der Waals surface area contributed by atoms with Crippen molar-refractivity contribution in [2.24, 2.45) is 0 Å². The lowest BCUT2D eigenvalue weighted by molar-refractivity contribution is -0.142. The molecule has 1 amide bonds. The number of carbonyl (C=O) groups excluding carboxylic acids is 1. The summed E-state index contributed by atoms with van der Waals surface area (Å²) in [5, 5.41) is 0. The van der Waals surface area contributed by atoms with Gasteiger partial charge in [-0.3, -0.25) is 4.79 Å². The summed E-state index contributed by atoms with van der Waals surface area (Å²) in [5.74, 6) is -2.20. The highest BCUT2D eigenvalue weighted by Crippen LogP contribution is 2.24. The molecular weight excluding hydrogens is 270 g/mol. The second kappa shape index (κ2) is 6.04. The van der Waals surface area contributed by atoms with Crippen LogP contribution in [0.5, 0.6) is 5.75 Å². The molecule has 0 saturated carbocycles. The van der Waals surface area contributed by atoms with Crippen LogP contribution in [0.3, 0.4) is 0 Å².